The molecule has 2 aromatic carbocycles. The third kappa shape index (κ3) is 14.0. The van der Waals surface area contributed by atoms with Crippen LogP contribution in [0.3, 0.4) is 0 Å². The normalized spacial score (nSPS) is 14.6. The van der Waals surface area contributed by atoms with Crippen LogP contribution in [0.5, 0.6) is 0 Å². The molecule has 2 aromatic rings. The number of alkyl carbamates (subject to hydrolysis) is 1. The largest absolute Gasteiger partial charge is 0.467 e. The Morgan fingerprint density at radius 2 is 1.46 bits per heavy atom. The number of amides is 1. The number of nitrogens with one attached hydrogen (secondary N) is 1. The highest BCUT2D eigenvalue weighted by Crippen LogP contribution is 2.25. The number of esters is 1. The minimum atomic E-state index is -0.983. The summed E-state index contributed by atoms with van der Waals surface area (Å²) in [5.41, 5.74) is 1.61. The molecule has 8 heteroatoms. The van der Waals surface area contributed by atoms with Gasteiger partial charge < -0.3 is 29.0 Å². The molecule has 0 fully saturated rings. The third-order valence-corrected chi connectivity index (χ3v) is 6.34. The van der Waals surface area contributed by atoms with Gasteiger partial charge in [0.05, 0.1) is 32.5 Å². The van der Waals surface area contributed by atoms with Gasteiger partial charge in [-0.25, -0.2) is 9.59 Å². The van der Waals surface area contributed by atoms with Crippen LogP contribution in [0.2, 0.25) is 0 Å². The molecular weight excluding hydrogens is 522 g/mol. The van der Waals surface area contributed by atoms with E-state index in [0.29, 0.717) is 32.2 Å². The Morgan fingerprint density at radius 3 is 2.02 bits per heavy atom. The lowest BCUT2D eigenvalue weighted by atomic mass is 9.88. The fraction of sp³-hybridized carbons (Fsp3) is 0.576. The van der Waals surface area contributed by atoms with Crippen LogP contribution in [0.15, 0.2) is 60.7 Å². The van der Waals surface area contributed by atoms with Crippen LogP contribution in [0.1, 0.15) is 59.1 Å². The summed E-state index contributed by atoms with van der Waals surface area (Å²) in [6.07, 6.45) is 0.394. The van der Waals surface area contributed by atoms with Crippen molar-refractivity contribution in [1.82, 2.24) is 5.32 Å². The van der Waals surface area contributed by atoms with Crippen LogP contribution in [0.4, 0.5) is 4.79 Å². The SMILES string of the molecule is COC(=O)[C@H](COCC[C@H](Cc1ccccc1)[C@@H](OCC(C)C)[C@H](C)OCc1ccccc1)NC(=O)OC(C)(C)C. The molecule has 0 aliphatic rings. The van der Waals surface area contributed by atoms with Crippen LogP contribution in [0.25, 0.3) is 0 Å². The molecule has 0 aliphatic carbocycles. The van der Waals surface area contributed by atoms with Gasteiger partial charge >= 0.3 is 12.1 Å². The van der Waals surface area contributed by atoms with Crippen molar-refractivity contribution in [3.05, 3.63) is 71.8 Å². The maximum Gasteiger partial charge on any atom is 0.408 e. The summed E-state index contributed by atoms with van der Waals surface area (Å²) >= 11 is 0. The van der Waals surface area contributed by atoms with Gasteiger partial charge in [0.1, 0.15) is 5.60 Å². The molecule has 1 amide bonds. The fourth-order valence-electron chi connectivity index (χ4n) is 4.35. The lowest BCUT2D eigenvalue weighted by Crippen LogP contribution is -2.46. The zero-order valence-electron chi connectivity index (χ0n) is 25.8. The van der Waals surface area contributed by atoms with Crippen molar-refractivity contribution >= 4 is 12.1 Å². The van der Waals surface area contributed by atoms with Crippen LogP contribution in [0, 0.1) is 11.8 Å². The average molecular weight is 572 g/mol. The van der Waals surface area contributed by atoms with Gasteiger partial charge in [0.2, 0.25) is 0 Å². The van der Waals surface area contributed by atoms with E-state index in [1.54, 1.807) is 20.8 Å². The number of rotatable bonds is 17. The molecule has 0 radical (unpaired) electrons. The standard InChI is InChI=1S/C33H49NO7/c1-24(2)21-40-30(25(3)39-22-27-16-12-9-13-17-27)28(20-26-14-10-8-11-15-26)18-19-38-23-29(31(35)37-7)34-32(36)41-33(4,5)6/h8-17,24-25,28-30H,18-23H2,1-7H3,(H,34,36)/t25-,28+,29-,30-/m0/s1. The molecule has 0 spiro atoms. The smallest absolute Gasteiger partial charge is 0.408 e. The zero-order valence-corrected chi connectivity index (χ0v) is 25.8. The Morgan fingerprint density at radius 1 is 0.854 bits per heavy atom. The number of hydrogen-bond acceptors (Lipinski definition) is 7. The number of carbonyl (C=O) groups is 2. The van der Waals surface area contributed by atoms with Gasteiger partial charge in [-0.1, -0.05) is 74.5 Å². The predicted molar refractivity (Wildman–Crippen MR) is 160 cm³/mol. The molecule has 41 heavy (non-hydrogen) atoms. The van der Waals surface area contributed by atoms with E-state index in [0.717, 1.165) is 12.0 Å². The van der Waals surface area contributed by atoms with Crippen LogP contribution in [-0.4, -0.2) is 62.8 Å². The molecule has 0 aliphatic heterocycles. The van der Waals surface area contributed by atoms with Crippen molar-refractivity contribution in [3.63, 3.8) is 0 Å². The highest BCUT2D eigenvalue weighted by Gasteiger charge is 2.30. The topological polar surface area (TPSA) is 92.3 Å². The van der Waals surface area contributed by atoms with Crippen LogP contribution < -0.4 is 5.32 Å². The Labute approximate surface area is 246 Å². The maximum absolute atomic E-state index is 12.3. The number of hydrogen-bond donors (Lipinski definition) is 1. The minimum absolute atomic E-state index is 0.0401. The highest BCUT2D eigenvalue weighted by atomic mass is 16.6. The summed E-state index contributed by atoms with van der Waals surface area (Å²) in [6, 6.07) is 19.4. The second kappa shape index (κ2) is 17.8. The molecule has 0 aromatic heterocycles. The molecule has 228 valence electrons. The second-order valence-electron chi connectivity index (χ2n) is 11.7. The van der Waals surface area contributed by atoms with E-state index in [1.165, 1.54) is 12.7 Å². The fourth-order valence-corrected chi connectivity index (χ4v) is 4.35. The van der Waals surface area contributed by atoms with E-state index >= 15 is 0 Å². The lowest BCUT2D eigenvalue weighted by molar-refractivity contribution is -0.145. The highest BCUT2D eigenvalue weighted by molar-refractivity contribution is 5.81. The summed E-state index contributed by atoms with van der Waals surface area (Å²) in [6.45, 7) is 13.0. The van der Waals surface area contributed by atoms with Crippen molar-refractivity contribution < 1.29 is 33.3 Å². The van der Waals surface area contributed by atoms with E-state index in [-0.39, 0.29) is 24.7 Å². The lowest BCUT2D eigenvalue weighted by Gasteiger charge is -2.33. The first-order valence-electron chi connectivity index (χ1n) is 14.4. The Hall–Kier alpha value is -2.94. The van der Waals surface area contributed by atoms with Gasteiger partial charge in [-0.2, -0.15) is 0 Å². The predicted octanol–water partition coefficient (Wildman–Crippen LogP) is 5.96. The van der Waals surface area contributed by atoms with Crippen LogP contribution >= 0.6 is 0 Å². The molecule has 0 saturated heterocycles. The summed E-state index contributed by atoms with van der Waals surface area (Å²) < 4.78 is 28.9. The molecular formula is C33H49NO7. The van der Waals surface area contributed by atoms with Crippen molar-refractivity contribution in [2.75, 3.05) is 26.9 Å². The number of carbonyl (C=O) groups excluding carboxylic acids is 2. The van der Waals surface area contributed by atoms with Crippen molar-refractivity contribution in [2.45, 2.75) is 84.8 Å². The molecule has 0 heterocycles. The molecule has 0 unspecified atom stereocenters. The minimum Gasteiger partial charge on any atom is -0.467 e. The van der Waals surface area contributed by atoms with Gasteiger partial charge in [0.25, 0.3) is 0 Å². The van der Waals surface area contributed by atoms with Gasteiger partial charge in [-0.05, 0) is 63.5 Å². The molecule has 0 saturated carbocycles. The van der Waals surface area contributed by atoms with Crippen molar-refractivity contribution in [3.8, 4) is 0 Å². The van der Waals surface area contributed by atoms with Crippen molar-refractivity contribution in [2.24, 2.45) is 11.8 Å². The number of methoxy groups -OCH3 is 1. The number of benzene rings is 2. The van der Waals surface area contributed by atoms with Gasteiger partial charge in [0.15, 0.2) is 6.04 Å². The van der Waals surface area contributed by atoms with Gasteiger partial charge in [-0.3, -0.25) is 0 Å². The Bertz CT molecular complexity index is 1010. The summed E-state index contributed by atoms with van der Waals surface area (Å²) in [5, 5.41) is 2.55. The first-order chi connectivity index (χ1) is 19.5. The number of ether oxygens (including phenoxy) is 5. The van der Waals surface area contributed by atoms with Gasteiger partial charge in [-0.15, -0.1) is 0 Å². The summed E-state index contributed by atoms with van der Waals surface area (Å²) in [7, 11) is 1.27. The van der Waals surface area contributed by atoms with Gasteiger partial charge in [0, 0.05) is 13.2 Å². The monoisotopic (exact) mass is 571 g/mol. The summed E-state index contributed by atoms with van der Waals surface area (Å²) in [4.78, 5) is 24.6. The quantitative estimate of drug-likeness (QED) is 0.185. The van der Waals surface area contributed by atoms with E-state index in [9.17, 15) is 9.59 Å². The first-order valence-corrected chi connectivity index (χ1v) is 14.4. The van der Waals surface area contributed by atoms with E-state index in [2.05, 4.69) is 50.4 Å². The van der Waals surface area contributed by atoms with Crippen molar-refractivity contribution in [1.29, 1.82) is 0 Å². The van der Waals surface area contributed by atoms with E-state index in [1.807, 2.05) is 36.4 Å². The molecule has 0 bridgehead atoms. The second-order valence-corrected chi connectivity index (χ2v) is 11.7. The zero-order chi connectivity index (χ0) is 30.3. The molecule has 8 nitrogen and oxygen atoms in total. The summed E-state index contributed by atoms with van der Waals surface area (Å²) in [5.74, 6) is -0.151. The Balaban J connectivity index is 2.11. The maximum atomic E-state index is 12.3. The molecule has 2 rings (SSSR count). The van der Waals surface area contributed by atoms with Crippen LogP contribution in [-0.2, 0) is 41.5 Å². The average Bonchev–Trinajstić information content (AvgIpc) is 2.92. The molecule has 4 atom stereocenters. The van der Waals surface area contributed by atoms with E-state index < -0.39 is 23.7 Å². The first kappa shape index (κ1) is 34.3. The molecule has 1 N–H and O–H groups in total. The van der Waals surface area contributed by atoms with E-state index in [4.69, 9.17) is 23.7 Å². The third-order valence-electron chi connectivity index (χ3n) is 6.34. The Kier molecular flexibility index (Phi) is 14.9.